The average Bonchev–Trinajstić information content (AvgIpc) is 2.86. The van der Waals surface area contributed by atoms with Crippen LogP contribution in [0.25, 0.3) is 5.65 Å². The summed E-state index contributed by atoms with van der Waals surface area (Å²) in [4.78, 5) is 5.48. The monoisotopic (exact) mass is 259 g/mol. The first-order valence-electron chi connectivity index (χ1n) is 5.04. The molecular weight excluding hydrogens is 252 g/mol. The van der Waals surface area contributed by atoms with E-state index in [9.17, 15) is 8.78 Å². The van der Waals surface area contributed by atoms with Crippen LogP contribution in [0.15, 0.2) is 12.5 Å². The molecule has 0 aliphatic carbocycles. The van der Waals surface area contributed by atoms with Crippen molar-refractivity contribution in [2.45, 2.75) is 12.3 Å². The molecule has 1 aliphatic heterocycles. The van der Waals surface area contributed by atoms with Gasteiger partial charge in [-0.15, -0.1) is 10.2 Å². The van der Waals surface area contributed by atoms with Crippen molar-refractivity contribution in [1.29, 1.82) is 0 Å². The molecule has 0 spiro atoms. The molecule has 1 aliphatic rings. The van der Waals surface area contributed by atoms with Crippen molar-refractivity contribution in [2.75, 3.05) is 18.0 Å². The van der Waals surface area contributed by atoms with Crippen LogP contribution in [0.5, 0.6) is 0 Å². The standard InChI is InChI=1S/C9H8ClF2N5/c10-8-13-3-6(7-15-14-5-17(7)8)16-2-1-9(11,12)4-16/h3,5H,1-2,4H2. The van der Waals surface area contributed by atoms with Crippen LogP contribution in [0.1, 0.15) is 6.42 Å². The van der Waals surface area contributed by atoms with Gasteiger partial charge in [0.25, 0.3) is 5.92 Å². The maximum absolute atomic E-state index is 13.2. The molecule has 90 valence electrons. The van der Waals surface area contributed by atoms with E-state index in [2.05, 4.69) is 15.2 Å². The van der Waals surface area contributed by atoms with E-state index in [4.69, 9.17) is 11.6 Å². The highest BCUT2D eigenvalue weighted by Gasteiger charge is 2.39. The average molecular weight is 260 g/mol. The normalized spacial score (nSPS) is 19.1. The Hall–Kier alpha value is -1.50. The van der Waals surface area contributed by atoms with Gasteiger partial charge in [0.15, 0.2) is 5.65 Å². The lowest BCUT2D eigenvalue weighted by molar-refractivity contribution is 0.0257. The third-order valence-electron chi connectivity index (χ3n) is 2.78. The van der Waals surface area contributed by atoms with E-state index in [0.717, 1.165) is 0 Å². The molecular formula is C9H8ClF2N5. The lowest BCUT2D eigenvalue weighted by Gasteiger charge is -2.17. The second kappa shape index (κ2) is 3.49. The van der Waals surface area contributed by atoms with Crippen LogP contribution in [0.3, 0.4) is 0 Å². The molecule has 0 atom stereocenters. The van der Waals surface area contributed by atoms with Gasteiger partial charge in [0.05, 0.1) is 12.7 Å². The van der Waals surface area contributed by atoms with Gasteiger partial charge in [0.2, 0.25) is 5.28 Å². The summed E-state index contributed by atoms with van der Waals surface area (Å²) in [5.74, 6) is -2.66. The molecule has 17 heavy (non-hydrogen) atoms. The quantitative estimate of drug-likeness (QED) is 0.730. The molecule has 0 aromatic carbocycles. The van der Waals surface area contributed by atoms with Crippen molar-refractivity contribution in [1.82, 2.24) is 19.6 Å². The molecule has 2 aromatic rings. The Bertz CT molecular complexity index is 570. The summed E-state index contributed by atoms with van der Waals surface area (Å²) < 4.78 is 27.8. The number of rotatable bonds is 1. The van der Waals surface area contributed by atoms with Gasteiger partial charge in [-0.25, -0.2) is 13.8 Å². The third-order valence-corrected chi connectivity index (χ3v) is 3.06. The molecule has 0 N–H and O–H groups in total. The van der Waals surface area contributed by atoms with Gasteiger partial charge in [0, 0.05) is 13.0 Å². The summed E-state index contributed by atoms with van der Waals surface area (Å²) in [6.45, 7) is -0.0440. The zero-order chi connectivity index (χ0) is 12.0. The Morgan fingerprint density at radius 3 is 2.94 bits per heavy atom. The van der Waals surface area contributed by atoms with Crippen LogP contribution < -0.4 is 4.90 Å². The molecule has 2 aromatic heterocycles. The van der Waals surface area contributed by atoms with Gasteiger partial charge in [-0.05, 0) is 11.6 Å². The fraction of sp³-hybridized carbons (Fsp3) is 0.444. The van der Waals surface area contributed by atoms with Gasteiger partial charge in [0.1, 0.15) is 12.0 Å². The Morgan fingerprint density at radius 1 is 1.41 bits per heavy atom. The topological polar surface area (TPSA) is 46.3 Å². The summed E-state index contributed by atoms with van der Waals surface area (Å²) >= 11 is 5.84. The zero-order valence-electron chi connectivity index (χ0n) is 8.65. The molecule has 5 nitrogen and oxygen atoms in total. The molecule has 3 rings (SSSR count). The summed E-state index contributed by atoms with van der Waals surface area (Å²) in [6.07, 6.45) is 2.70. The molecule has 1 saturated heterocycles. The number of halogens is 3. The van der Waals surface area contributed by atoms with Crippen molar-refractivity contribution in [3.05, 3.63) is 17.8 Å². The van der Waals surface area contributed by atoms with Crippen LogP contribution in [0.4, 0.5) is 14.5 Å². The van der Waals surface area contributed by atoms with Crippen LogP contribution in [0.2, 0.25) is 5.28 Å². The molecule has 1 fully saturated rings. The van der Waals surface area contributed by atoms with Crippen molar-refractivity contribution < 1.29 is 8.78 Å². The highest BCUT2D eigenvalue weighted by atomic mass is 35.5. The van der Waals surface area contributed by atoms with E-state index in [0.29, 0.717) is 11.3 Å². The Kier molecular flexibility index (Phi) is 2.19. The van der Waals surface area contributed by atoms with E-state index in [1.54, 1.807) is 4.90 Å². The highest BCUT2D eigenvalue weighted by molar-refractivity contribution is 6.28. The highest BCUT2D eigenvalue weighted by Crippen LogP contribution is 2.32. The van der Waals surface area contributed by atoms with E-state index >= 15 is 0 Å². The molecule has 0 unspecified atom stereocenters. The summed E-state index contributed by atoms with van der Waals surface area (Å²) in [5.41, 5.74) is 0.978. The fourth-order valence-electron chi connectivity index (χ4n) is 1.94. The first-order valence-corrected chi connectivity index (χ1v) is 5.42. The maximum atomic E-state index is 13.2. The van der Waals surface area contributed by atoms with Crippen LogP contribution in [-0.2, 0) is 0 Å². The van der Waals surface area contributed by atoms with E-state index in [-0.39, 0.29) is 24.8 Å². The predicted molar refractivity (Wildman–Crippen MR) is 57.6 cm³/mol. The molecule has 0 radical (unpaired) electrons. The largest absolute Gasteiger partial charge is 0.361 e. The predicted octanol–water partition coefficient (Wildman–Crippen LogP) is 1.62. The number of fused-ring (bicyclic) bond motifs is 1. The maximum Gasteiger partial charge on any atom is 0.266 e. The minimum Gasteiger partial charge on any atom is -0.361 e. The van der Waals surface area contributed by atoms with Gasteiger partial charge < -0.3 is 4.90 Å². The van der Waals surface area contributed by atoms with Crippen molar-refractivity contribution in [3.63, 3.8) is 0 Å². The number of hydrogen-bond acceptors (Lipinski definition) is 4. The summed E-state index contributed by atoms with van der Waals surface area (Å²) in [7, 11) is 0. The minimum atomic E-state index is -2.66. The lowest BCUT2D eigenvalue weighted by Crippen LogP contribution is -2.25. The third kappa shape index (κ3) is 1.70. The number of hydrogen-bond donors (Lipinski definition) is 0. The van der Waals surface area contributed by atoms with E-state index in [1.807, 2.05) is 0 Å². The zero-order valence-corrected chi connectivity index (χ0v) is 9.40. The van der Waals surface area contributed by atoms with Gasteiger partial charge in [-0.3, -0.25) is 4.40 Å². The summed E-state index contributed by atoms with van der Waals surface area (Å²) in [5, 5.41) is 7.79. The minimum absolute atomic E-state index is 0.157. The molecule has 0 amide bonds. The molecule has 0 bridgehead atoms. The fourth-order valence-corrected chi connectivity index (χ4v) is 2.12. The first-order chi connectivity index (χ1) is 8.07. The van der Waals surface area contributed by atoms with Crippen molar-refractivity contribution in [3.8, 4) is 0 Å². The SMILES string of the molecule is FC1(F)CCN(c2cnc(Cl)n3cnnc23)C1. The smallest absolute Gasteiger partial charge is 0.266 e. The Balaban J connectivity index is 2.07. The van der Waals surface area contributed by atoms with Crippen LogP contribution >= 0.6 is 11.6 Å². The summed E-state index contributed by atoms with van der Waals surface area (Å²) in [6, 6.07) is 0. The molecule has 3 heterocycles. The van der Waals surface area contributed by atoms with Gasteiger partial charge in [-0.2, -0.15) is 0 Å². The molecule has 0 saturated carbocycles. The second-order valence-corrected chi connectivity index (χ2v) is 4.30. The van der Waals surface area contributed by atoms with Crippen LogP contribution in [0, 0.1) is 0 Å². The van der Waals surface area contributed by atoms with Crippen molar-refractivity contribution in [2.24, 2.45) is 0 Å². The molecule has 8 heteroatoms. The lowest BCUT2D eigenvalue weighted by atomic mass is 10.3. The van der Waals surface area contributed by atoms with Crippen LogP contribution in [-0.4, -0.2) is 38.6 Å². The first kappa shape index (κ1) is 10.6. The van der Waals surface area contributed by atoms with Gasteiger partial charge >= 0.3 is 0 Å². The van der Waals surface area contributed by atoms with Gasteiger partial charge in [-0.1, -0.05) is 0 Å². The Labute approximate surface area is 100 Å². The number of aromatic nitrogens is 4. The number of anilines is 1. The van der Waals surface area contributed by atoms with Crippen molar-refractivity contribution >= 4 is 22.9 Å². The number of nitrogens with zero attached hydrogens (tertiary/aromatic N) is 5. The van der Waals surface area contributed by atoms with E-state index in [1.165, 1.54) is 16.9 Å². The second-order valence-electron chi connectivity index (χ2n) is 3.96. The Morgan fingerprint density at radius 2 is 2.24 bits per heavy atom. The number of alkyl halides is 2. The van der Waals surface area contributed by atoms with E-state index < -0.39 is 5.92 Å².